The number of rotatable bonds is 5. The molecule has 16 heavy (non-hydrogen) atoms. The van der Waals surface area contributed by atoms with E-state index in [1.165, 1.54) is 0 Å². The average Bonchev–Trinajstić information content (AvgIpc) is 2.17. The molecule has 0 aliphatic carbocycles. The highest BCUT2D eigenvalue weighted by Gasteiger charge is 2.26. The van der Waals surface area contributed by atoms with E-state index in [-0.39, 0.29) is 5.54 Å². The van der Waals surface area contributed by atoms with Crippen molar-refractivity contribution < 1.29 is 0 Å². The van der Waals surface area contributed by atoms with Gasteiger partial charge in [-0.15, -0.1) is 0 Å². The first kappa shape index (κ1) is 13.5. The predicted molar refractivity (Wildman–Crippen MR) is 70.8 cm³/mol. The highest BCUT2D eigenvalue weighted by atomic mass is 35.5. The van der Waals surface area contributed by atoms with Gasteiger partial charge in [-0.25, -0.2) is 0 Å². The Bertz CT molecular complexity index is 321. The summed E-state index contributed by atoms with van der Waals surface area (Å²) >= 11 is 5.89. The standard InChI is InChI=1S/C13H21ClN2/c1-4-9-13(15,10-16(2)3)11-5-7-12(14)8-6-11/h5-8H,4,9-10,15H2,1-3H3. The third kappa shape index (κ3) is 3.48. The normalized spacial score (nSPS) is 15.1. The van der Waals surface area contributed by atoms with Gasteiger partial charge < -0.3 is 10.6 Å². The molecule has 0 fully saturated rings. The molecular weight excluding hydrogens is 220 g/mol. The van der Waals surface area contributed by atoms with Crippen LogP contribution in [-0.4, -0.2) is 25.5 Å². The number of hydrogen-bond acceptors (Lipinski definition) is 2. The van der Waals surface area contributed by atoms with Crippen LogP contribution in [0.5, 0.6) is 0 Å². The molecule has 0 amide bonds. The minimum absolute atomic E-state index is 0.275. The number of likely N-dealkylation sites (N-methyl/N-ethyl adjacent to an activating group) is 1. The predicted octanol–water partition coefficient (Wildman–Crippen LogP) is 2.86. The van der Waals surface area contributed by atoms with Crippen molar-refractivity contribution in [3.8, 4) is 0 Å². The van der Waals surface area contributed by atoms with E-state index in [0.717, 1.165) is 30.0 Å². The fourth-order valence-corrected chi connectivity index (χ4v) is 2.23. The van der Waals surface area contributed by atoms with Crippen molar-refractivity contribution >= 4 is 11.6 Å². The molecule has 90 valence electrons. The molecule has 1 atom stereocenters. The molecule has 2 nitrogen and oxygen atoms in total. The van der Waals surface area contributed by atoms with E-state index in [4.69, 9.17) is 17.3 Å². The van der Waals surface area contributed by atoms with Crippen LogP contribution < -0.4 is 5.73 Å². The summed E-state index contributed by atoms with van der Waals surface area (Å²) in [5.41, 5.74) is 7.38. The molecule has 0 radical (unpaired) electrons. The Balaban J connectivity index is 2.95. The van der Waals surface area contributed by atoms with E-state index in [0.29, 0.717) is 0 Å². The topological polar surface area (TPSA) is 29.3 Å². The van der Waals surface area contributed by atoms with Gasteiger partial charge in [-0.2, -0.15) is 0 Å². The fraction of sp³-hybridized carbons (Fsp3) is 0.538. The van der Waals surface area contributed by atoms with E-state index < -0.39 is 0 Å². The van der Waals surface area contributed by atoms with Gasteiger partial charge in [0, 0.05) is 11.6 Å². The molecule has 1 aromatic rings. The van der Waals surface area contributed by atoms with Crippen LogP contribution >= 0.6 is 11.6 Å². The van der Waals surface area contributed by atoms with Crippen molar-refractivity contribution in [1.29, 1.82) is 0 Å². The Kier molecular flexibility index (Phi) is 4.78. The maximum Gasteiger partial charge on any atom is 0.0538 e. The largest absolute Gasteiger partial charge is 0.320 e. The van der Waals surface area contributed by atoms with Crippen LogP contribution in [0.15, 0.2) is 24.3 Å². The van der Waals surface area contributed by atoms with Gasteiger partial charge in [0.05, 0.1) is 5.54 Å². The van der Waals surface area contributed by atoms with Crippen LogP contribution in [0.25, 0.3) is 0 Å². The van der Waals surface area contributed by atoms with E-state index in [1.807, 2.05) is 38.4 Å². The van der Waals surface area contributed by atoms with Crippen LogP contribution in [-0.2, 0) is 5.54 Å². The van der Waals surface area contributed by atoms with Crippen LogP contribution in [0.2, 0.25) is 5.02 Å². The van der Waals surface area contributed by atoms with E-state index in [9.17, 15) is 0 Å². The number of nitrogens with zero attached hydrogens (tertiary/aromatic N) is 1. The summed E-state index contributed by atoms with van der Waals surface area (Å²) < 4.78 is 0. The van der Waals surface area contributed by atoms with E-state index in [2.05, 4.69) is 11.8 Å². The molecule has 0 aliphatic heterocycles. The third-order valence-electron chi connectivity index (χ3n) is 2.71. The Hall–Kier alpha value is -0.570. The molecule has 0 aliphatic rings. The zero-order valence-electron chi connectivity index (χ0n) is 10.3. The first-order valence-corrected chi connectivity index (χ1v) is 6.05. The van der Waals surface area contributed by atoms with E-state index in [1.54, 1.807) is 0 Å². The smallest absolute Gasteiger partial charge is 0.0538 e. The van der Waals surface area contributed by atoms with Crippen LogP contribution in [0.3, 0.4) is 0 Å². The molecule has 1 aromatic carbocycles. The average molecular weight is 241 g/mol. The van der Waals surface area contributed by atoms with Crippen LogP contribution in [0, 0.1) is 0 Å². The summed E-state index contributed by atoms with van der Waals surface area (Å²) in [6.07, 6.45) is 2.06. The van der Waals surface area contributed by atoms with Crippen molar-refractivity contribution in [1.82, 2.24) is 4.90 Å². The lowest BCUT2D eigenvalue weighted by atomic mass is 9.86. The van der Waals surface area contributed by atoms with Gasteiger partial charge in [0.2, 0.25) is 0 Å². The molecule has 1 rings (SSSR count). The van der Waals surface area contributed by atoms with Crippen molar-refractivity contribution in [3.05, 3.63) is 34.9 Å². The van der Waals surface area contributed by atoms with Gasteiger partial charge in [-0.3, -0.25) is 0 Å². The quantitative estimate of drug-likeness (QED) is 0.858. The summed E-state index contributed by atoms with van der Waals surface area (Å²) in [7, 11) is 4.10. The highest BCUT2D eigenvalue weighted by molar-refractivity contribution is 6.30. The number of nitrogens with two attached hydrogens (primary N) is 1. The minimum atomic E-state index is -0.275. The molecular formula is C13H21ClN2. The summed E-state index contributed by atoms with van der Waals surface area (Å²) in [5, 5.41) is 0.757. The van der Waals surface area contributed by atoms with Crippen molar-refractivity contribution in [2.24, 2.45) is 5.73 Å². The summed E-state index contributed by atoms with van der Waals surface area (Å²) in [5.74, 6) is 0. The second-order valence-corrected chi connectivity index (χ2v) is 5.09. The van der Waals surface area contributed by atoms with E-state index >= 15 is 0 Å². The zero-order valence-corrected chi connectivity index (χ0v) is 11.1. The first-order valence-electron chi connectivity index (χ1n) is 5.67. The first-order chi connectivity index (χ1) is 7.48. The molecule has 1 unspecified atom stereocenters. The number of hydrogen-bond donors (Lipinski definition) is 1. The summed E-state index contributed by atoms with van der Waals surface area (Å²) in [6, 6.07) is 7.87. The Labute approximate surface area is 103 Å². The van der Waals surface area contributed by atoms with Gasteiger partial charge >= 0.3 is 0 Å². The maximum atomic E-state index is 6.50. The molecule has 0 heterocycles. The monoisotopic (exact) mass is 240 g/mol. The van der Waals surface area contributed by atoms with Crippen LogP contribution in [0.1, 0.15) is 25.3 Å². The molecule has 2 N–H and O–H groups in total. The SMILES string of the molecule is CCCC(N)(CN(C)C)c1ccc(Cl)cc1. The van der Waals surface area contributed by atoms with Gasteiger partial charge in [0.25, 0.3) is 0 Å². The van der Waals surface area contributed by atoms with Crippen molar-refractivity contribution in [3.63, 3.8) is 0 Å². The second-order valence-electron chi connectivity index (χ2n) is 4.65. The number of benzene rings is 1. The molecule has 0 aromatic heterocycles. The third-order valence-corrected chi connectivity index (χ3v) is 2.97. The molecule has 0 bridgehead atoms. The lowest BCUT2D eigenvalue weighted by molar-refractivity contribution is 0.270. The molecule has 0 saturated heterocycles. The molecule has 0 spiro atoms. The fourth-order valence-electron chi connectivity index (χ4n) is 2.11. The Morgan fingerprint density at radius 3 is 2.25 bits per heavy atom. The lowest BCUT2D eigenvalue weighted by Crippen LogP contribution is -2.45. The van der Waals surface area contributed by atoms with Crippen LogP contribution in [0.4, 0.5) is 0 Å². The van der Waals surface area contributed by atoms with Gasteiger partial charge in [0.15, 0.2) is 0 Å². The Morgan fingerprint density at radius 1 is 1.25 bits per heavy atom. The Morgan fingerprint density at radius 2 is 1.81 bits per heavy atom. The van der Waals surface area contributed by atoms with Gasteiger partial charge in [-0.1, -0.05) is 37.1 Å². The number of halogens is 1. The van der Waals surface area contributed by atoms with Crippen molar-refractivity contribution in [2.45, 2.75) is 25.3 Å². The zero-order chi connectivity index (χ0) is 12.2. The summed E-state index contributed by atoms with van der Waals surface area (Å²) in [4.78, 5) is 2.13. The van der Waals surface area contributed by atoms with Gasteiger partial charge in [0.1, 0.15) is 0 Å². The van der Waals surface area contributed by atoms with Crippen molar-refractivity contribution in [2.75, 3.05) is 20.6 Å². The molecule has 0 saturated carbocycles. The maximum absolute atomic E-state index is 6.50. The van der Waals surface area contributed by atoms with Gasteiger partial charge in [-0.05, 0) is 38.2 Å². The lowest BCUT2D eigenvalue weighted by Gasteiger charge is -2.32. The molecule has 3 heteroatoms. The minimum Gasteiger partial charge on any atom is -0.320 e. The second kappa shape index (κ2) is 5.67. The summed E-state index contributed by atoms with van der Waals surface area (Å²) in [6.45, 7) is 3.01. The highest BCUT2D eigenvalue weighted by Crippen LogP contribution is 2.25.